The first-order valence-electron chi connectivity index (χ1n) is 9.19. The number of benzene rings is 1. The molecule has 2 heterocycles. The fourth-order valence-corrected chi connectivity index (χ4v) is 3.31. The Labute approximate surface area is 159 Å². The molecule has 0 atom stereocenters. The van der Waals surface area contributed by atoms with Gasteiger partial charge in [-0.1, -0.05) is 44.4 Å². The summed E-state index contributed by atoms with van der Waals surface area (Å²) in [6, 6.07) is 8.29. The number of hydrogen-bond acceptors (Lipinski definition) is 2. The number of fused-ring (bicyclic) bond motifs is 1. The van der Waals surface area contributed by atoms with Crippen LogP contribution in [0.3, 0.4) is 0 Å². The highest BCUT2D eigenvalue weighted by molar-refractivity contribution is 5.96. The van der Waals surface area contributed by atoms with Crippen molar-refractivity contribution in [2.45, 2.75) is 33.2 Å². The maximum absolute atomic E-state index is 13.5. The van der Waals surface area contributed by atoms with E-state index >= 15 is 0 Å². The molecule has 4 nitrogen and oxygen atoms in total. The average molecular weight is 359 g/mol. The van der Waals surface area contributed by atoms with Crippen LogP contribution in [0.5, 0.6) is 0 Å². The molecule has 0 unspecified atom stereocenters. The molecule has 0 aliphatic carbocycles. The zero-order valence-electron chi connectivity index (χ0n) is 16.1. The van der Waals surface area contributed by atoms with E-state index in [2.05, 4.69) is 38.2 Å². The van der Waals surface area contributed by atoms with E-state index in [0.717, 1.165) is 34.3 Å². The van der Waals surface area contributed by atoms with Gasteiger partial charge in [-0.15, -0.1) is 0 Å². The molecule has 27 heavy (non-hydrogen) atoms. The molecule has 0 spiro atoms. The van der Waals surface area contributed by atoms with Crippen LogP contribution in [0.15, 0.2) is 72.8 Å². The quantitative estimate of drug-likeness (QED) is 0.566. The third-order valence-electron chi connectivity index (χ3n) is 4.68. The van der Waals surface area contributed by atoms with Gasteiger partial charge < -0.3 is 0 Å². The van der Waals surface area contributed by atoms with Crippen LogP contribution in [0.1, 0.15) is 32.5 Å². The smallest absolute Gasteiger partial charge is 0.263 e. The second kappa shape index (κ2) is 7.62. The Morgan fingerprint density at radius 1 is 1.30 bits per heavy atom. The van der Waals surface area contributed by atoms with Gasteiger partial charge in [0.25, 0.3) is 5.56 Å². The number of aromatic nitrogens is 3. The van der Waals surface area contributed by atoms with E-state index in [4.69, 9.17) is 0 Å². The van der Waals surface area contributed by atoms with E-state index < -0.39 is 0 Å². The van der Waals surface area contributed by atoms with Crippen LogP contribution < -0.4 is 5.56 Å². The van der Waals surface area contributed by atoms with Crippen molar-refractivity contribution in [3.63, 3.8) is 0 Å². The summed E-state index contributed by atoms with van der Waals surface area (Å²) in [5.74, 6) is 0. The molecular formula is C23H25N3O. The van der Waals surface area contributed by atoms with Crippen molar-refractivity contribution in [3.8, 4) is 11.1 Å². The summed E-state index contributed by atoms with van der Waals surface area (Å²) in [4.78, 5) is 13.5. The van der Waals surface area contributed by atoms with Crippen LogP contribution in [-0.2, 0) is 6.42 Å². The third-order valence-corrected chi connectivity index (χ3v) is 4.68. The van der Waals surface area contributed by atoms with Gasteiger partial charge in [0.05, 0.1) is 11.6 Å². The highest BCUT2D eigenvalue weighted by atomic mass is 16.1. The monoisotopic (exact) mass is 359 g/mol. The van der Waals surface area contributed by atoms with Crippen molar-refractivity contribution in [3.05, 3.63) is 84.1 Å². The maximum Gasteiger partial charge on any atom is 0.263 e. The van der Waals surface area contributed by atoms with Crippen LogP contribution >= 0.6 is 0 Å². The van der Waals surface area contributed by atoms with Gasteiger partial charge in [-0.2, -0.15) is 5.10 Å². The van der Waals surface area contributed by atoms with E-state index in [1.807, 2.05) is 42.2 Å². The van der Waals surface area contributed by atoms with Gasteiger partial charge in [0.15, 0.2) is 0 Å². The van der Waals surface area contributed by atoms with Crippen molar-refractivity contribution in [1.29, 1.82) is 0 Å². The fraction of sp³-hybridized carbons (Fsp3) is 0.217. The molecule has 1 aromatic carbocycles. The summed E-state index contributed by atoms with van der Waals surface area (Å²) < 4.78 is 3.63. The average Bonchev–Trinajstić information content (AvgIpc) is 3.16. The Kier molecular flexibility index (Phi) is 5.26. The molecule has 0 aliphatic heterocycles. The molecule has 4 heteroatoms. The van der Waals surface area contributed by atoms with Gasteiger partial charge in [0.1, 0.15) is 0 Å². The molecule has 0 radical (unpaired) electrons. The minimum Gasteiger partial charge on any atom is -0.281 e. The number of allylic oxidation sites excluding steroid dienone is 4. The Balaban J connectivity index is 2.38. The fourth-order valence-electron chi connectivity index (χ4n) is 3.31. The molecule has 0 aliphatic rings. The zero-order valence-corrected chi connectivity index (χ0v) is 16.1. The maximum atomic E-state index is 13.5. The van der Waals surface area contributed by atoms with Crippen molar-refractivity contribution in [2.75, 3.05) is 0 Å². The number of nitrogens with zero attached hydrogens (tertiary/aromatic N) is 3. The Bertz CT molecular complexity index is 1100. The van der Waals surface area contributed by atoms with E-state index in [9.17, 15) is 4.79 Å². The molecule has 2 aromatic heterocycles. The Morgan fingerprint density at radius 2 is 2.07 bits per heavy atom. The highest BCUT2D eigenvalue weighted by Gasteiger charge is 2.15. The van der Waals surface area contributed by atoms with Crippen molar-refractivity contribution < 1.29 is 0 Å². The predicted octanol–water partition coefficient (Wildman–Crippen LogP) is 5.22. The normalized spacial score (nSPS) is 11.9. The van der Waals surface area contributed by atoms with Gasteiger partial charge in [-0.3, -0.25) is 14.0 Å². The van der Waals surface area contributed by atoms with Gasteiger partial charge in [0, 0.05) is 29.2 Å². The number of aryl methyl sites for hydroxylation is 1. The molecule has 0 amide bonds. The molecule has 3 rings (SSSR count). The van der Waals surface area contributed by atoms with Crippen LogP contribution in [0.4, 0.5) is 0 Å². The van der Waals surface area contributed by atoms with Crippen molar-refractivity contribution >= 4 is 16.5 Å². The second-order valence-electron chi connectivity index (χ2n) is 6.73. The van der Waals surface area contributed by atoms with E-state index in [1.165, 1.54) is 0 Å². The number of pyridine rings is 1. The van der Waals surface area contributed by atoms with E-state index in [-0.39, 0.29) is 11.6 Å². The summed E-state index contributed by atoms with van der Waals surface area (Å²) in [6.45, 7) is 13.8. The van der Waals surface area contributed by atoms with Gasteiger partial charge in [-0.05, 0) is 49.4 Å². The van der Waals surface area contributed by atoms with Crippen LogP contribution in [-0.4, -0.2) is 14.3 Å². The highest BCUT2D eigenvalue weighted by Crippen LogP contribution is 2.28. The summed E-state index contributed by atoms with van der Waals surface area (Å²) in [5.41, 5.74) is 3.44. The van der Waals surface area contributed by atoms with Crippen LogP contribution in [0.2, 0.25) is 0 Å². The Morgan fingerprint density at radius 3 is 2.67 bits per heavy atom. The summed E-state index contributed by atoms with van der Waals surface area (Å²) in [7, 11) is 0. The van der Waals surface area contributed by atoms with E-state index in [1.54, 1.807) is 22.8 Å². The lowest BCUT2D eigenvalue weighted by atomic mass is 10.0. The predicted molar refractivity (Wildman–Crippen MR) is 114 cm³/mol. The first-order valence-corrected chi connectivity index (χ1v) is 9.19. The molecule has 0 bridgehead atoms. The zero-order chi connectivity index (χ0) is 19.6. The lowest BCUT2D eigenvalue weighted by molar-refractivity contribution is 0.532. The van der Waals surface area contributed by atoms with Crippen molar-refractivity contribution in [2.24, 2.45) is 0 Å². The first kappa shape index (κ1) is 18.6. The first-order chi connectivity index (χ1) is 13.0. The largest absolute Gasteiger partial charge is 0.281 e. The Hall–Kier alpha value is -3.14. The minimum atomic E-state index is -0.0507. The summed E-state index contributed by atoms with van der Waals surface area (Å²) >= 11 is 0. The molecule has 0 saturated heterocycles. The van der Waals surface area contributed by atoms with Gasteiger partial charge >= 0.3 is 0 Å². The number of rotatable bonds is 6. The SMILES string of the molecule is C=C/C=C(\C=C)n1c(CC)cc2cccc(-c3cnn(C(C)C)c3)c2c1=O. The topological polar surface area (TPSA) is 39.8 Å². The summed E-state index contributed by atoms with van der Waals surface area (Å²) in [6.07, 6.45) is 9.71. The molecular weight excluding hydrogens is 334 g/mol. The number of hydrogen-bond donors (Lipinski definition) is 0. The standard InChI is InChI=1S/C23H25N3O/c1-6-10-19(7-2)26-20(8-3)13-17-11-9-12-21(22(17)23(26)27)18-14-24-25(15-18)16(4)5/h6-7,9-16H,1-2,8H2,3-5H3/b19-10+. The molecule has 0 saturated carbocycles. The van der Waals surface area contributed by atoms with Gasteiger partial charge in [-0.25, -0.2) is 0 Å². The van der Waals surface area contributed by atoms with Crippen molar-refractivity contribution in [1.82, 2.24) is 14.3 Å². The molecule has 0 N–H and O–H groups in total. The molecule has 138 valence electrons. The third kappa shape index (κ3) is 3.31. The van der Waals surface area contributed by atoms with E-state index in [0.29, 0.717) is 5.39 Å². The molecule has 3 aromatic rings. The lowest BCUT2D eigenvalue weighted by Crippen LogP contribution is -2.22. The lowest BCUT2D eigenvalue weighted by Gasteiger charge is -2.15. The second-order valence-corrected chi connectivity index (χ2v) is 6.73. The van der Waals surface area contributed by atoms with Gasteiger partial charge in [0.2, 0.25) is 0 Å². The van der Waals surface area contributed by atoms with Crippen LogP contribution in [0, 0.1) is 0 Å². The van der Waals surface area contributed by atoms with Crippen LogP contribution in [0.25, 0.3) is 27.6 Å². The summed E-state index contributed by atoms with van der Waals surface area (Å²) in [5, 5.41) is 6.06. The minimum absolute atomic E-state index is 0.0507. The molecule has 0 fully saturated rings.